The van der Waals surface area contributed by atoms with Gasteiger partial charge in [-0.25, -0.2) is 13.6 Å². The van der Waals surface area contributed by atoms with Crippen LogP contribution in [0.2, 0.25) is 0 Å². The minimum Gasteiger partial charge on any atom is -0.477 e. The van der Waals surface area contributed by atoms with Gasteiger partial charge in [-0.05, 0) is 19.9 Å². The van der Waals surface area contributed by atoms with E-state index in [9.17, 15) is 14.7 Å². The van der Waals surface area contributed by atoms with Gasteiger partial charge in [0, 0.05) is 19.3 Å². The topological polar surface area (TPSA) is 132 Å². The Morgan fingerprint density at radius 1 is 1.38 bits per heavy atom. The lowest BCUT2D eigenvalue weighted by Crippen LogP contribution is -2.31. The summed E-state index contributed by atoms with van der Waals surface area (Å²) in [5, 5.41) is 16.6. The van der Waals surface area contributed by atoms with Crippen LogP contribution in [0.1, 0.15) is 24.2 Å². The van der Waals surface area contributed by atoms with E-state index in [2.05, 4.69) is 10.3 Å². The van der Waals surface area contributed by atoms with Crippen LogP contribution in [0.4, 0.5) is 14.5 Å². The molecule has 0 amide bonds. The Hall–Kier alpha value is -3.70. The number of amidine groups is 1. The van der Waals surface area contributed by atoms with Gasteiger partial charge in [0.2, 0.25) is 5.43 Å². The van der Waals surface area contributed by atoms with Crippen molar-refractivity contribution in [2.75, 3.05) is 31.7 Å². The van der Waals surface area contributed by atoms with Gasteiger partial charge in [-0.3, -0.25) is 4.79 Å². The monoisotopic (exact) mass is 451 g/mol. The molecule has 1 aromatic heterocycles. The molecule has 1 saturated heterocycles. The van der Waals surface area contributed by atoms with Crippen molar-refractivity contribution in [2.45, 2.75) is 20.4 Å². The number of aromatic carboxylic acids is 1. The molecule has 172 valence electrons. The van der Waals surface area contributed by atoms with E-state index in [4.69, 9.17) is 15.4 Å². The normalized spacial score (nSPS) is 17.9. The number of carboxylic acids is 1. The summed E-state index contributed by atoms with van der Waals surface area (Å²) < 4.78 is 32.0. The fourth-order valence-electron chi connectivity index (χ4n) is 3.71. The first kappa shape index (κ1) is 23.0. The number of hydrogen-bond donors (Lipinski definition) is 2. The van der Waals surface area contributed by atoms with Crippen molar-refractivity contribution in [1.82, 2.24) is 4.57 Å². The average Bonchev–Trinajstić information content (AvgIpc) is 3.16. The van der Waals surface area contributed by atoms with Crippen LogP contribution in [0.3, 0.4) is 0 Å². The minimum atomic E-state index is -1.48. The fourth-order valence-corrected chi connectivity index (χ4v) is 3.71. The summed E-state index contributed by atoms with van der Waals surface area (Å²) >= 11 is 0. The molecule has 1 aliphatic heterocycles. The Morgan fingerprint density at radius 2 is 2.09 bits per heavy atom. The predicted molar refractivity (Wildman–Crippen MR) is 114 cm³/mol. The molecule has 1 aliphatic rings. The fraction of sp³-hybridized carbons (Fsp3) is 0.400. The number of benzene rings is 1. The number of anilines is 1. The van der Waals surface area contributed by atoms with Crippen molar-refractivity contribution in [3.63, 3.8) is 0 Å². The second-order valence-electron chi connectivity index (χ2n) is 7.01. The lowest BCUT2D eigenvalue weighted by atomic mass is 10.1. The van der Waals surface area contributed by atoms with Crippen molar-refractivity contribution in [1.29, 1.82) is 0 Å². The van der Waals surface area contributed by atoms with Crippen LogP contribution in [0, 0.1) is 17.6 Å². The van der Waals surface area contributed by atoms with E-state index in [1.807, 2.05) is 0 Å². The summed E-state index contributed by atoms with van der Waals surface area (Å²) in [6.45, 7) is 3.85. The van der Waals surface area contributed by atoms with Gasteiger partial charge in [-0.15, -0.1) is 0 Å². The number of nitrogens with two attached hydrogens (primary N) is 1. The summed E-state index contributed by atoms with van der Waals surface area (Å²) in [5.74, 6) is -4.03. The molecule has 1 fully saturated rings. The van der Waals surface area contributed by atoms with E-state index in [1.54, 1.807) is 13.8 Å². The third-order valence-corrected chi connectivity index (χ3v) is 5.14. The lowest BCUT2D eigenvalue weighted by Gasteiger charge is -2.21. The first-order chi connectivity index (χ1) is 15.2. The largest absolute Gasteiger partial charge is 0.477 e. The Kier molecular flexibility index (Phi) is 6.61. The third-order valence-electron chi connectivity index (χ3n) is 5.14. The number of aromatic nitrogens is 1. The zero-order chi connectivity index (χ0) is 23.6. The predicted octanol–water partition coefficient (Wildman–Crippen LogP) is 1.75. The van der Waals surface area contributed by atoms with E-state index < -0.39 is 40.2 Å². The molecule has 2 aromatic rings. The summed E-state index contributed by atoms with van der Waals surface area (Å²) in [6.07, 6.45) is 1.05. The molecular formula is C20H23F2N5O5. The highest BCUT2D eigenvalue weighted by atomic mass is 19.1. The molecule has 32 heavy (non-hydrogen) atoms. The highest BCUT2D eigenvalue weighted by molar-refractivity contribution is 6.10. The SMILES string of the molecule is CCO/N=C(/N)C1CN(c2c(F)cc3c(=O)c(C(=O)O)cn(CC)c3c2F)C/C1=N/OC. The maximum absolute atomic E-state index is 15.6. The van der Waals surface area contributed by atoms with Crippen molar-refractivity contribution >= 4 is 34.1 Å². The number of oxime groups is 2. The number of carbonyl (C=O) groups is 1. The smallest absolute Gasteiger partial charge is 0.341 e. The van der Waals surface area contributed by atoms with Gasteiger partial charge in [0.1, 0.15) is 36.6 Å². The zero-order valence-electron chi connectivity index (χ0n) is 17.8. The van der Waals surface area contributed by atoms with Crippen molar-refractivity contribution in [3.8, 4) is 0 Å². The quantitative estimate of drug-likeness (QED) is 0.372. The maximum atomic E-state index is 15.6. The second-order valence-corrected chi connectivity index (χ2v) is 7.01. The Bertz CT molecular complexity index is 1180. The highest BCUT2D eigenvalue weighted by Crippen LogP contribution is 2.33. The number of aryl methyl sites for hydroxylation is 1. The molecule has 0 spiro atoms. The summed E-state index contributed by atoms with van der Waals surface area (Å²) in [6, 6.07) is 0.854. The van der Waals surface area contributed by atoms with Gasteiger partial charge in [-0.2, -0.15) is 0 Å². The molecule has 12 heteroatoms. The van der Waals surface area contributed by atoms with Crippen LogP contribution in [0.5, 0.6) is 0 Å². The van der Waals surface area contributed by atoms with Crippen molar-refractivity contribution < 1.29 is 28.4 Å². The third kappa shape index (κ3) is 3.95. The number of fused-ring (bicyclic) bond motifs is 1. The molecule has 0 aliphatic carbocycles. The molecule has 1 aromatic carbocycles. The first-order valence-corrected chi connectivity index (χ1v) is 9.83. The molecule has 3 N–H and O–H groups in total. The molecule has 1 atom stereocenters. The second kappa shape index (κ2) is 9.20. The summed E-state index contributed by atoms with van der Waals surface area (Å²) in [7, 11) is 1.33. The van der Waals surface area contributed by atoms with E-state index in [0.717, 1.165) is 12.3 Å². The average molecular weight is 451 g/mol. The van der Waals surface area contributed by atoms with Crippen LogP contribution in [-0.2, 0) is 16.2 Å². The molecular weight excluding hydrogens is 428 g/mol. The van der Waals surface area contributed by atoms with Crippen LogP contribution in [0.15, 0.2) is 27.4 Å². The van der Waals surface area contributed by atoms with Crippen LogP contribution in [-0.4, -0.2) is 54.0 Å². The zero-order valence-corrected chi connectivity index (χ0v) is 17.8. The van der Waals surface area contributed by atoms with E-state index in [0.29, 0.717) is 5.71 Å². The van der Waals surface area contributed by atoms with Crippen LogP contribution < -0.4 is 16.1 Å². The highest BCUT2D eigenvalue weighted by Gasteiger charge is 2.36. The Balaban J connectivity index is 2.17. The van der Waals surface area contributed by atoms with E-state index in [1.165, 1.54) is 16.6 Å². The van der Waals surface area contributed by atoms with Crippen molar-refractivity contribution in [2.24, 2.45) is 22.0 Å². The molecule has 10 nitrogen and oxygen atoms in total. The van der Waals surface area contributed by atoms with Gasteiger partial charge in [0.15, 0.2) is 5.82 Å². The van der Waals surface area contributed by atoms with Gasteiger partial charge in [0.05, 0.1) is 29.1 Å². The molecule has 0 radical (unpaired) electrons. The number of pyridine rings is 1. The maximum Gasteiger partial charge on any atom is 0.341 e. The molecule has 1 unspecified atom stereocenters. The number of nitrogens with zero attached hydrogens (tertiary/aromatic N) is 4. The number of carboxylic acid groups (broad SMARTS) is 1. The molecule has 0 saturated carbocycles. The van der Waals surface area contributed by atoms with Gasteiger partial charge >= 0.3 is 5.97 Å². The number of halogens is 2. The molecule has 0 bridgehead atoms. The van der Waals surface area contributed by atoms with E-state index in [-0.39, 0.29) is 43.0 Å². The number of rotatable bonds is 7. The Morgan fingerprint density at radius 3 is 2.69 bits per heavy atom. The summed E-state index contributed by atoms with van der Waals surface area (Å²) in [4.78, 5) is 35.1. The molecule has 2 heterocycles. The van der Waals surface area contributed by atoms with E-state index >= 15 is 8.78 Å². The Labute approximate surface area is 181 Å². The summed E-state index contributed by atoms with van der Waals surface area (Å²) in [5.41, 5.74) is 4.25. The first-order valence-electron chi connectivity index (χ1n) is 9.83. The van der Waals surface area contributed by atoms with Gasteiger partial charge in [0.25, 0.3) is 0 Å². The lowest BCUT2D eigenvalue weighted by molar-refractivity contribution is 0.0694. The molecule has 3 rings (SSSR count). The standard InChI is InChI=1S/C20H23F2N5O5/c1-4-26-8-12(20(29)30)18(28)10-6-13(21)17(15(22)16(10)26)27-7-11(14(9-27)24-31-3)19(23)25-32-5-2/h6,8,11H,4-5,7,9H2,1-3H3,(H2,23,25)(H,29,30)/b24-14-. The number of hydrogen-bond acceptors (Lipinski definition) is 7. The van der Waals surface area contributed by atoms with Gasteiger partial charge < -0.3 is 30.0 Å². The van der Waals surface area contributed by atoms with Gasteiger partial charge in [-0.1, -0.05) is 10.3 Å². The van der Waals surface area contributed by atoms with Crippen LogP contribution in [0.25, 0.3) is 10.9 Å². The van der Waals surface area contributed by atoms with Crippen molar-refractivity contribution in [3.05, 3.63) is 39.7 Å². The van der Waals surface area contributed by atoms with Crippen LogP contribution >= 0.6 is 0 Å². The minimum absolute atomic E-state index is 0.0102.